The summed E-state index contributed by atoms with van der Waals surface area (Å²) in [6, 6.07) is 5.01. The fourth-order valence-corrected chi connectivity index (χ4v) is 9.69. The quantitative estimate of drug-likeness (QED) is 0.130. The minimum atomic E-state index is -4.32. The minimum absolute atomic E-state index is 0.0289. The van der Waals surface area contributed by atoms with E-state index in [-0.39, 0.29) is 46.6 Å². The van der Waals surface area contributed by atoms with Crippen molar-refractivity contribution in [1.29, 1.82) is 0 Å². The zero-order valence-corrected chi connectivity index (χ0v) is 32.7. The van der Waals surface area contributed by atoms with E-state index in [0.29, 0.717) is 37.2 Å². The normalized spacial score (nSPS) is 27.8. The smallest absolute Gasteiger partial charge is 0.416 e. The van der Waals surface area contributed by atoms with E-state index < -0.39 is 11.7 Å². The standard InChI is InChI=1S/C28H38O4.C16H19F3O.CH4O/c1-4-5-6-7-8-26(31)32-18-25(30)24-12-11-22-21-10-9-19-17-20(29)13-15-27(19,2)23(21)14-16-28(22,24)3;17-16(18,19)14-9-5-10-15(12-14)20-11-4-3-8-13-6-1-2-7-13;1-2/h4-5,14,17,21-22,24H,6-13,15-16,18H2,1-3H3;3,5,8-10,12-13H,1-2,4,6-7,11H2;2H,1H3/b5-4-;8-3+;. The van der Waals surface area contributed by atoms with Crippen LogP contribution in [0, 0.1) is 34.5 Å². The Morgan fingerprint density at radius 2 is 1.76 bits per heavy atom. The van der Waals surface area contributed by atoms with Crippen LogP contribution in [-0.2, 0) is 25.3 Å². The van der Waals surface area contributed by atoms with Gasteiger partial charge in [-0.05, 0) is 125 Å². The molecule has 0 radical (unpaired) electrons. The van der Waals surface area contributed by atoms with Crippen LogP contribution in [0.2, 0.25) is 0 Å². The first-order chi connectivity index (χ1) is 25.8. The molecule has 1 N–H and O–H groups in total. The highest BCUT2D eigenvalue weighted by Crippen LogP contribution is 2.64. The number of rotatable bonds is 12. The molecule has 0 heterocycles. The van der Waals surface area contributed by atoms with Gasteiger partial charge in [-0.3, -0.25) is 14.4 Å². The molecule has 0 spiro atoms. The molecule has 3 saturated carbocycles. The van der Waals surface area contributed by atoms with Crippen LogP contribution in [0.1, 0.15) is 123 Å². The largest absolute Gasteiger partial charge is 0.493 e. The predicted molar refractivity (Wildman–Crippen MR) is 206 cm³/mol. The highest BCUT2D eigenvalue weighted by Gasteiger charge is 2.57. The second-order valence-electron chi connectivity index (χ2n) is 15.9. The number of esters is 1. The Balaban J connectivity index is 0.000000254. The van der Waals surface area contributed by atoms with Gasteiger partial charge in [-0.25, -0.2) is 0 Å². The van der Waals surface area contributed by atoms with E-state index in [1.165, 1.54) is 42.9 Å². The van der Waals surface area contributed by atoms with Crippen LogP contribution in [0.5, 0.6) is 5.75 Å². The number of unbranched alkanes of at least 4 members (excludes halogenated alkanes) is 1. The number of hydrogen-bond donors (Lipinski definition) is 1. The summed E-state index contributed by atoms with van der Waals surface area (Å²) < 4.78 is 48.3. The molecule has 0 saturated heterocycles. The molecule has 5 aliphatic rings. The van der Waals surface area contributed by atoms with Gasteiger partial charge in [-0.2, -0.15) is 13.2 Å². The number of halogens is 3. The third-order valence-corrected chi connectivity index (χ3v) is 12.6. The lowest BCUT2D eigenvalue weighted by molar-refractivity contribution is -0.150. The number of ketones is 2. The van der Waals surface area contributed by atoms with Gasteiger partial charge in [0.25, 0.3) is 0 Å². The van der Waals surface area contributed by atoms with Crippen LogP contribution in [0.4, 0.5) is 13.2 Å². The molecule has 0 amide bonds. The summed E-state index contributed by atoms with van der Waals surface area (Å²) >= 11 is 0. The number of Topliss-reactive ketones (excluding diaryl/α,β-unsaturated/α-hetero) is 1. The van der Waals surface area contributed by atoms with Crippen molar-refractivity contribution in [2.24, 2.45) is 34.5 Å². The number of allylic oxidation sites excluding steroid dienone is 7. The molecule has 5 atom stereocenters. The first-order valence-electron chi connectivity index (χ1n) is 20.0. The molecule has 5 aliphatic carbocycles. The van der Waals surface area contributed by atoms with E-state index in [1.807, 2.05) is 25.2 Å². The second-order valence-corrected chi connectivity index (χ2v) is 15.9. The third kappa shape index (κ3) is 10.9. The lowest BCUT2D eigenvalue weighted by Crippen LogP contribution is -2.45. The van der Waals surface area contributed by atoms with Gasteiger partial charge >= 0.3 is 12.1 Å². The van der Waals surface area contributed by atoms with Crippen molar-refractivity contribution in [3.63, 3.8) is 0 Å². The topological polar surface area (TPSA) is 89.9 Å². The van der Waals surface area contributed by atoms with Gasteiger partial charge in [-0.1, -0.05) is 74.3 Å². The minimum Gasteiger partial charge on any atom is -0.493 e. The molecule has 0 bridgehead atoms. The molecule has 9 heteroatoms. The van der Waals surface area contributed by atoms with Crippen molar-refractivity contribution in [2.45, 2.75) is 123 Å². The molecule has 298 valence electrons. The molecule has 0 aromatic heterocycles. The summed E-state index contributed by atoms with van der Waals surface area (Å²) in [5.41, 5.74) is 2.17. The maximum Gasteiger partial charge on any atom is 0.416 e. The van der Waals surface area contributed by atoms with Crippen LogP contribution in [-0.4, -0.2) is 43.0 Å². The zero-order valence-electron chi connectivity index (χ0n) is 32.7. The fraction of sp³-hybridized carbons (Fsp3) is 0.622. The number of ether oxygens (including phenoxy) is 2. The summed E-state index contributed by atoms with van der Waals surface area (Å²) in [5.74, 6) is 2.05. The average molecular weight is 755 g/mol. The van der Waals surface area contributed by atoms with Gasteiger partial charge in [0.2, 0.25) is 0 Å². The second kappa shape index (κ2) is 19.9. The molecule has 1 aromatic carbocycles. The van der Waals surface area contributed by atoms with Crippen molar-refractivity contribution < 1.29 is 42.1 Å². The van der Waals surface area contributed by atoms with Crippen molar-refractivity contribution in [1.82, 2.24) is 0 Å². The van der Waals surface area contributed by atoms with Gasteiger partial charge in [0.1, 0.15) is 12.4 Å². The van der Waals surface area contributed by atoms with E-state index in [1.54, 1.807) is 6.07 Å². The molecule has 6 rings (SSSR count). The Morgan fingerprint density at radius 3 is 2.48 bits per heavy atom. The van der Waals surface area contributed by atoms with Crippen LogP contribution in [0.3, 0.4) is 0 Å². The number of carbonyl (C=O) groups excluding carboxylic acids is 3. The maximum absolute atomic E-state index is 13.1. The van der Waals surface area contributed by atoms with Gasteiger partial charge < -0.3 is 14.6 Å². The number of benzene rings is 1. The summed E-state index contributed by atoms with van der Waals surface area (Å²) in [5, 5.41) is 7.00. The van der Waals surface area contributed by atoms with E-state index >= 15 is 0 Å². The number of carbonyl (C=O) groups is 3. The van der Waals surface area contributed by atoms with Crippen LogP contribution in [0.25, 0.3) is 0 Å². The van der Waals surface area contributed by atoms with Crippen molar-refractivity contribution in [3.8, 4) is 5.75 Å². The molecule has 5 unspecified atom stereocenters. The zero-order chi connectivity index (χ0) is 39.4. The SMILES string of the molecule is C/C=C\CCCC(=O)OCC(=O)C1CCC2C3CCC4=CC(=O)CCC4(C)C3=CCC12C.CO.FC(F)(F)c1cccc(OCC/C=C/C2CCCC2)c1. The summed E-state index contributed by atoms with van der Waals surface area (Å²) in [6.07, 6.45) is 22.7. The number of hydrogen-bond acceptors (Lipinski definition) is 6. The van der Waals surface area contributed by atoms with Crippen molar-refractivity contribution in [3.05, 3.63) is 77.4 Å². The first-order valence-corrected chi connectivity index (χ1v) is 20.0. The summed E-state index contributed by atoms with van der Waals surface area (Å²) in [7, 11) is 1.00. The summed E-state index contributed by atoms with van der Waals surface area (Å²) in [4.78, 5) is 37.1. The predicted octanol–water partition coefficient (Wildman–Crippen LogP) is 10.7. The Bertz CT molecular complexity index is 1550. The molecule has 1 aromatic rings. The van der Waals surface area contributed by atoms with E-state index in [2.05, 4.69) is 32.1 Å². The highest BCUT2D eigenvalue weighted by atomic mass is 19.4. The first kappa shape index (κ1) is 43.3. The van der Waals surface area contributed by atoms with Crippen LogP contribution >= 0.6 is 0 Å². The van der Waals surface area contributed by atoms with Crippen molar-refractivity contribution in [2.75, 3.05) is 20.3 Å². The Morgan fingerprint density at radius 1 is 1.00 bits per heavy atom. The molecular weight excluding hydrogens is 693 g/mol. The highest BCUT2D eigenvalue weighted by molar-refractivity contribution is 5.92. The number of fused-ring (bicyclic) bond motifs is 5. The molecule has 6 nitrogen and oxygen atoms in total. The van der Waals surface area contributed by atoms with E-state index in [0.717, 1.165) is 77.0 Å². The Kier molecular flexibility index (Phi) is 16.0. The van der Waals surface area contributed by atoms with Gasteiger partial charge in [-0.15, -0.1) is 0 Å². The molecule has 3 fully saturated rings. The van der Waals surface area contributed by atoms with E-state index in [4.69, 9.17) is 14.6 Å². The number of aliphatic hydroxyl groups excluding tert-OH is 1. The maximum atomic E-state index is 13.1. The summed E-state index contributed by atoms with van der Waals surface area (Å²) in [6.45, 7) is 6.92. The lowest BCUT2D eigenvalue weighted by atomic mass is 9.51. The third-order valence-electron chi connectivity index (χ3n) is 12.6. The molecule has 0 aliphatic heterocycles. The van der Waals surface area contributed by atoms with E-state index in [9.17, 15) is 27.6 Å². The van der Waals surface area contributed by atoms with Crippen LogP contribution in [0.15, 0.2) is 71.9 Å². The van der Waals surface area contributed by atoms with Gasteiger partial charge in [0.15, 0.2) is 11.6 Å². The fourth-order valence-electron chi connectivity index (χ4n) is 9.69. The molecule has 54 heavy (non-hydrogen) atoms. The molecular formula is C45H61F3O6. The average Bonchev–Trinajstić information content (AvgIpc) is 3.81. The lowest BCUT2D eigenvalue weighted by Gasteiger charge is -2.53. The Labute approximate surface area is 320 Å². The number of alkyl halides is 3. The van der Waals surface area contributed by atoms with Gasteiger partial charge in [0, 0.05) is 31.3 Å². The monoisotopic (exact) mass is 754 g/mol. The number of aliphatic hydroxyl groups is 1. The van der Waals surface area contributed by atoms with Crippen molar-refractivity contribution >= 4 is 17.5 Å². The Hall–Kier alpha value is -3.46. The van der Waals surface area contributed by atoms with Crippen LogP contribution < -0.4 is 4.74 Å². The van der Waals surface area contributed by atoms with Gasteiger partial charge in [0.05, 0.1) is 12.2 Å².